The number of nitrogens with zero attached hydrogens (tertiary/aromatic N) is 6. The van der Waals surface area contributed by atoms with Crippen molar-refractivity contribution in [1.82, 2.24) is 34.4 Å². The van der Waals surface area contributed by atoms with Crippen molar-refractivity contribution in [3.05, 3.63) is 36.5 Å². The first-order valence-corrected chi connectivity index (χ1v) is 11.2. The van der Waals surface area contributed by atoms with E-state index < -0.39 is 0 Å². The van der Waals surface area contributed by atoms with E-state index in [-0.39, 0.29) is 0 Å². The summed E-state index contributed by atoms with van der Waals surface area (Å²) >= 11 is 0. The molecule has 0 bridgehead atoms. The number of hydrogen-bond acceptors (Lipinski definition) is 6. The summed E-state index contributed by atoms with van der Waals surface area (Å²) in [5, 5.41) is 11.6. The zero-order chi connectivity index (χ0) is 21.5. The average molecular weight is 419 g/mol. The first-order chi connectivity index (χ1) is 15.0. The molecule has 0 aliphatic heterocycles. The highest BCUT2D eigenvalue weighted by Crippen LogP contribution is 2.29. The van der Waals surface area contributed by atoms with Crippen LogP contribution in [0, 0.1) is 6.92 Å². The van der Waals surface area contributed by atoms with Gasteiger partial charge in [-0.2, -0.15) is 0 Å². The van der Waals surface area contributed by atoms with Gasteiger partial charge < -0.3 is 15.2 Å². The molecule has 1 saturated carbocycles. The number of fused-ring (bicyclic) bond motifs is 2. The van der Waals surface area contributed by atoms with E-state index in [0.717, 1.165) is 46.5 Å². The van der Waals surface area contributed by atoms with Gasteiger partial charge in [0.15, 0.2) is 5.65 Å². The molecule has 31 heavy (non-hydrogen) atoms. The van der Waals surface area contributed by atoms with E-state index in [1.165, 1.54) is 12.8 Å². The van der Waals surface area contributed by atoms with Gasteiger partial charge in [-0.25, -0.2) is 19.5 Å². The Morgan fingerprint density at radius 1 is 1.03 bits per heavy atom. The number of aryl methyl sites for hydroxylation is 1. The van der Waals surface area contributed by atoms with Gasteiger partial charge in [0.2, 0.25) is 5.95 Å². The number of anilines is 1. The Hall–Kier alpha value is -3.00. The number of aromatic nitrogens is 6. The second kappa shape index (κ2) is 7.92. The second-order valence-corrected chi connectivity index (χ2v) is 8.81. The van der Waals surface area contributed by atoms with Crippen LogP contribution in [0.1, 0.15) is 51.4 Å². The van der Waals surface area contributed by atoms with Gasteiger partial charge in [0.1, 0.15) is 5.82 Å². The number of hydrogen-bond donors (Lipinski definition) is 2. The molecule has 0 amide bonds. The van der Waals surface area contributed by atoms with Crippen molar-refractivity contribution in [2.75, 3.05) is 12.4 Å². The van der Waals surface area contributed by atoms with Crippen LogP contribution in [0.2, 0.25) is 0 Å². The maximum Gasteiger partial charge on any atom is 0.241 e. The van der Waals surface area contributed by atoms with Crippen LogP contribution in [0.15, 0.2) is 30.7 Å². The van der Waals surface area contributed by atoms with Crippen LogP contribution < -0.4 is 10.6 Å². The largest absolute Gasteiger partial charge is 0.350 e. The molecule has 1 fully saturated rings. The van der Waals surface area contributed by atoms with Crippen LogP contribution in [0.5, 0.6) is 0 Å². The molecule has 5 rings (SSSR count). The monoisotopic (exact) mass is 418 g/mol. The van der Waals surface area contributed by atoms with Crippen LogP contribution in [0.4, 0.5) is 5.95 Å². The van der Waals surface area contributed by atoms with Gasteiger partial charge in [0.05, 0.1) is 17.2 Å². The molecule has 8 heteroatoms. The Morgan fingerprint density at radius 2 is 1.81 bits per heavy atom. The minimum atomic E-state index is 0.327. The molecule has 2 N–H and O–H groups in total. The van der Waals surface area contributed by atoms with Crippen molar-refractivity contribution in [1.29, 1.82) is 0 Å². The number of nitrogens with one attached hydrogen (secondary N) is 2. The summed E-state index contributed by atoms with van der Waals surface area (Å²) in [6.07, 6.45) is 10.4. The van der Waals surface area contributed by atoms with E-state index in [4.69, 9.17) is 5.10 Å². The molecule has 162 valence electrons. The Balaban J connectivity index is 1.43. The molecular weight excluding hydrogens is 388 g/mol. The zero-order valence-electron chi connectivity index (χ0n) is 18.6. The van der Waals surface area contributed by atoms with Crippen molar-refractivity contribution < 1.29 is 0 Å². The lowest BCUT2D eigenvalue weighted by molar-refractivity contribution is 0.370. The topological polar surface area (TPSA) is 85.0 Å². The standard InChI is InChI=1S/C23H30N8/c1-14(2)31-15(3)27-22-20(31)11-16(12-25-22)19-9-10-30-21(19)13-26-23(29-30)28-18-7-5-17(24-4)6-8-18/h9-14,17-18,24H,5-8H2,1-4H3,(H,28,29). The fourth-order valence-corrected chi connectivity index (χ4v) is 4.81. The van der Waals surface area contributed by atoms with Crippen molar-refractivity contribution in [3.63, 3.8) is 0 Å². The summed E-state index contributed by atoms with van der Waals surface area (Å²) in [6, 6.07) is 5.65. The molecule has 4 aromatic heterocycles. The SMILES string of the molecule is CNC1CCC(Nc2ncc3c(-c4cnc5nc(C)n(C(C)C)c5c4)ccn3n2)CC1. The van der Waals surface area contributed by atoms with E-state index >= 15 is 0 Å². The molecule has 0 atom stereocenters. The lowest BCUT2D eigenvalue weighted by atomic mass is 9.91. The van der Waals surface area contributed by atoms with Gasteiger partial charge in [-0.1, -0.05) is 0 Å². The van der Waals surface area contributed by atoms with Gasteiger partial charge in [0.25, 0.3) is 0 Å². The predicted octanol–water partition coefficient (Wildman–Crippen LogP) is 3.97. The van der Waals surface area contributed by atoms with E-state index in [2.05, 4.69) is 56.1 Å². The van der Waals surface area contributed by atoms with Crippen molar-refractivity contribution >= 4 is 22.6 Å². The Bertz CT molecular complexity index is 1210. The normalized spacial score (nSPS) is 19.5. The number of pyridine rings is 1. The van der Waals surface area contributed by atoms with Crippen LogP contribution in [-0.4, -0.2) is 48.3 Å². The highest BCUT2D eigenvalue weighted by Gasteiger charge is 2.21. The lowest BCUT2D eigenvalue weighted by Crippen LogP contribution is -2.35. The summed E-state index contributed by atoms with van der Waals surface area (Å²) in [4.78, 5) is 13.8. The molecule has 0 radical (unpaired) electrons. The van der Waals surface area contributed by atoms with Crippen molar-refractivity contribution in [2.24, 2.45) is 0 Å². The molecule has 1 aliphatic rings. The zero-order valence-corrected chi connectivity index (χ0v) is 18.6. The highest BCUT2D eigenvalue weighted by molar-refractivity contribution is 5.85. The highest BCUT2D eigenvalue weighted by atomic mass is 15.3. The van der Waals surface area contributed by atoms with Gasteiger partial charge in [0, 0.05) is 41.6 Å². The van der Waals surface area contributed by atoms with E-state index in [9.17, 15) is 0 Å². The molecule has 8 nitrogen and oxygen atoms in total. The minimum Gasteiger partial charge on any atom is -0.350 e. The van der Waals surface area contributed by atoms with E-state index in [1.807, 2.05) is 37.1 Å². The predicted molar refractivity (Wildman–Crippen MR) is 123 cm³/mol. The fourth-order valence-electron chi connectivity index (χ4n) is 4.81. The summed E-state index contributed by atoms with van der Waals surface area (Å²) in [5.74, 6) is 1.67. The molecule has 0 saturated heterocycles. The van der Waals surface area contributed by atoms with Crippen molar-refractivity contribution in [2.45, 2.75) is 64.6 Å². The minimum absolute atomic E-state index is 0.327. The molecule has 0 unspecified atom stereocenters. The number of rotatable bonds is 5. The Kier molecular flexibility index (Phi) is 5.09. The molecule has 0 aromatic carbocycles. The summed E-state index contributed by atoms with van der Waals surface area (Å²) in [7, 11) is 2.05. The first-order valence-electron chi connectivity index (χ1n) is 11.2. The van der Waals surface area contributed by atoms with Crippen LogP contribution in [-0.2, 0) is 0 Å². The molecule has 4 heterocycles. The van der Waals surface area contributed by atoms with Crippen LogP contribution in [0.3, 0.4) is 0 Å². The maximum absolute atomic E-state index is 4.71. The molecular formula is C23H30N8. The smallest absolute Gasteiger partial charge is 0.241 e. The molecule has 0 spiro atoms. The second-order valence-electron chi connectivity index (χ2n) is 8.81. The maximum atomic E-state index is 4.71. The summed E-state index contributed by atoms with van der Waals surface area (Å²) < 4.78 is 4.13. The quantitative estimate of drug-likeness (QED) is 0.510. The lowest BCUT2D eigenvalue weighted by Gasteiger charge is -2.28. The Labute approximate surface area is 182 Å². The fraction of sp³-hybridized carbons (Fsp3) is 0.478. The van der Waals surface area contributed by atoms with Gasteiger partial charge in [-0.15, -0.1) is 5.10 Å². The third-order valence-corrected chi connectivity index (χ3v) is 6.44. The average Bonchev–Trinajstić information content (AvgIpc) is 3.33. The third kappa shape index (κ3) is 3.65. The number of imidazole rings is 1. The Morgan fingerprint density at radius 3 is 2.55 bits per heavy atom. The summed E-state index contributed by atoms with van der Waals surface area (Å²) in [5.41, 5.74) is 4.93. The summed E-state index contributed by atoms with van der Waals surface area (Å²) in [6.45, 7) is 6.37. The van der Waals surface area contributed by atoms with Crippen LogP contribution in [0.25, 0.3) is 27.8 Å². The van der Waals surface area contributed by atoms with Gasteiger partial charge >= 0.3 is 0 Å². The molecule has 4 aromatic rings. The molecule has 1 aliphatic carbocycles. The van der Waals surface area contributed by atoms with Gasteiger partial charge in [-0.3, -0.25) is 0 Å². The van der Waals surface area contributed by atoms with Gasteiger partial charge in [-0.05, 0) is 65.6 Å². The van der Waals surface area contributed by atoms with E-state index in [1.54, 1.807) is 0 Å². The van der Waals surface area contributed by atoms with Crippen molar-refractivity contribution in [3.8, 4) is 11.1 Å². The van der Waals surface area contributed by atoms with Crippen LogP contribution >= 0.6 is 0 Å². The first kappa shape index (κ1) is 19.9. The van der Waals surface area contributed by atoms with E-state index in [0.29, 0.717) is 24.1 Å². The third-order valence-electron chi connectivity index (χ3n) is 6.44.